The van der Waals surface area contributed by atoms with Crippen LogP contribution < -0.4 is 20.7 Å². The number of piperidine rings is 1. The highest BCUT2D eigenvalue weighted by molar-refractivity contribution is 6.00. The normalized spacial score (nSPS) is 25.7. The third-order valence-corrected chi connectivity index (χ3v) is 4.79. The van der Waals surface area contributed by atoms with Crippen molar-refractivity contribution in [2.24, 2.45) is 5.73 Å². The number of carbonyl (C=O) groups excluding carboxylic acids is 2. The standard InChI is InChI=1S/C18H23F2N3O4/c19-18(20)27-12-5-3-11(4-6-12)23-9-1-2-14(17(23)25)22-16(24)15-8-7-13(10-21)26-15/h3-6,13-15,18H,1-2,7-10,21H2,(H,22,24)/t13-,14?,15+/m1/s1. The van der Waals surface area contributed by atoms with Crippen molar-refractivity contribution in [1.82, 2.24) is 5.32 Å². The summed E-state index contributed by atoms with van der Waals surface area (Å²) in [6.45, 7) is -2.04. The summed E-state index contributed by atoms with van der Waals surface area (Å²) in [6.07, 6.45) is 1.88. The predicted octanol–water partition coefficient (Wildman–Crippen LogP) is 1.41. The highest BCUT2D eigenvalue weighted by Crippen LogP contribution is 2.25. The van der Waals surface area contributed by atoms with Gasteiger partial charge < -0.3 is 25.4 Å². The minimum atomic E-state index is -2.90. The first-order valence-electron chi connectivity index (χ1n) is 9.00. The van der Waals surface area contributed by atoms with Crippen LogP contribution in [0.3, 0.4) is 0 Å². The Balaban J connectivity index is 1.61. The lowest BCUT2D eigenvalue weighted by molar-refractivity contribution is -0.135. The minimum absolute atomic E-state index is 0.0240. The van der Waals surface area contributed by atoms with Gasteiger partial charge in [0.25, 0.3) is 0 Å². The third kappa shape index (κ3) is 4.72. The molecule has 2 amide bonds. The molecule has 1 unspecified atom stereocenters. The predicted molar refractivity (Wildman–Crippen MR) is 93.5 cm³/mol. The van der Waals surface area contributed by atoms with Crippen molar-refractivity contribution in [3.05, 3.63) is 24.3 Å². The van der Waals surface area contributed by atoms with E-state index in [2.05, 4.69) is 10.1 Å². The number of hydrogen-bond acceptors (Lipinski definition) is 5. The van der Waals surface area contributed by atoms with E-state index in [1.54, 1.807) is 17.0 Å². The van der Waals surface area contributed by atoms with Crippen LogP contribution in [0, 0.1) is 0 Å². The smallest absolute Gasteiger partial charge is 0.387 e. The molecule has 7 nitrogen and oxygen atoms in total. The summed E-state index contributed by atoms with van der Waals surface area (Å²) in [7, 11) is 0. The van der Waals surface area contributed by atoms with Crippen LogP contribution in [0.5, 0.6) is 5.75 Å². The van der Waals surface area contributed by atoms with Crippen molar-refractivity contribution in [3.63, 3.8) is 0 Å². The van der Waals surface area contributed by atoms with E-state index in [0.29, 0.717) is 38.0 Å². The molecule has 1 aromatic rings. The van der Waals surface area contributed by atoms with Gasteiger partial charge in [-0.1, -0.05) is 0 Å². The van der Waals surface area contributed by atoms with E-state index in [9.17, 15) is 18.4 Å². The number of nitrogens with zero attached hydrogens (tertiary/aromatic N) is 1. The maximum absolute atomic E-state index is 12.8. The van der Waals surface area contributed by atoms with E-state index in [4.69, 9.17) is 10.5 Å². The van der Waals surface area contributed by atoms with Gasteiger partial charge in [0.05, 0.1) is 6.10 Å². The number of hydrogen-bond donors (Lipinski definition) is 2. The molecule has 2 aliphatic heterocycles. The van der Waals surface area contributed by atoms with Gasteiger partial charge in [0.2, 0.25) is 11.8 Å². The Kier molecular flexibility index (Phi) is 6.22. The fourth-order valence-corrected chi connectivity index (χ4v) is 3.41. The maximum atomic E-state index is 12.8. The summed E-state index contributed by atoms with van der Waals surface area (Å²) < 4.78 is 34.4. The zero-order valence-electron chi connectivity index (χ0n) is 14.8. The second-order valence-corrected chi connectivity index (χ2v) is 6.63. The van der Waals surface area contributed by atoms with Crippen LogP contribution in [-0.4, -0.2) is 49.8 Å². The highest BCUT2D eigenvalue weighted by atomic mass is 19.3. The number of nitrogens with one attached hydrogen (secondary N) is 1. The lowest BCUT2D eigenvalue weighted by Crippen LogP contribution is -2.54. The number of carbonyl (C=O) groups is 2. The third-order valence-electron chi connectivity index (χ3n) is 4.79. The topological polar surface area (TPSA) is 93.9 Å². The van der Waals surface area contributed by atoms with Gasteiger partial charge in [-0.25, -0.2) is 0 Å². The Bertz CT molecular complexity index is 671. The van der Waals surface area contributed by atoms with Crippen LogP contribution in [0.15, 0.2) is 24.3 Å². The number of amides is 2. The van der Waals surface area contributed by atoms with Gasteiger partial charge in [-0.2, -0.15) is 8.78 Å². The van der Waals surface area contributed by atoms with Gasteiger partial charge in [-0.3, -0.25) is 9.59 Å². The van der Waals surface area contributed by atoms with Crippen LogP contribution in [0.4, 0.5) is 14.5 Å². The Morgan fingerprint density at radius 3 is 2.67 bits per heavy atom. The Morgan fingerprint density at radius 1 is 1.30 bits per heavy atom. The molecule has 3 atom stereocenters. The van der Waals surface area contributed by atoms with Gasteiger partial charge >= 0.3 is 6.61 Å². The molecule has 0 radical (unpaired) electrons. The van der Waals surface area contributed by atoms with Gasteiger partial charge in [-0.15, -0.1) is 0 Å². The molecule has 3 N–H and O–H groups in total. The van der Waals surface area contributed by atoms with E-state index in [-0.39, 0.29) is 23.7 Å². The second kappa shape index (κ2) is 8.62. The quantitative estimate of drug-likeness (QED) is 0.775. The molecule has 2 aliphatic rings. The first kappa shape index (κ1) is 19.5. The molecule has 0 aliphatic carbocycles. The number of nitrogens with two attached hydrogens (primary N) is 1. The number of halogens is 2. The lowest BCUT2D eigenvalue weighted by atomic mass is 10.0. The van der Waals surface area contributed by atoms with Gasteiger partial charge in [0, 0.05) is 18.8 Å². The maximum Gasteiger partial charge on any atom is 0.387 e. The van der Waals surface area contributed by atoms with Gasteiger partial charge in [0.15, 0.2) is 0 Å². The van der Waals surface area contributed by atoms with Crippen molar-refractivity contribution < 1.29 is 27.8 Å². The first-order chi connectivity index (χ1) is 13.0. The van der Waals surface area contributed by atoms with Crippen molar-refractivity contribution in [3.8, 4) is 5.75 Å². The molecule has 0 aromatic heterocycles. The summed E-state index contributed by atoms with van der Waals surface area (Å²) in [5.41, 5.74) is 6.12. The van der Waals surface area contributed by atoms with Crippen molar-refractivity contribution >= 4 is 17.5 Å². The Hall–Kier alpha value is -2.26. The lowest BCUT2D eigenvalue weighted by Gasteiger charge is -2.33. The first-order valence-corrected chi connectivity index (χ1v) is 9.00. The number of anilines is 1. The molecule has 2 saturated heterocycles. The van der Waals surface area contributed by atoms with Crippen LogP contribution in [0.25, 0.3) is 0 Å². The fraction of sp³-hybridized carbons (Fsp3) is 0.556. The molecule has 1 aromatic carbocycles. The molecule has 27 heavy (non-hydrogen) atoms. The molecule has 148 valence electrons. The van der Waals surface area contributed by atoms with Crippen molar-refractivity contribution in [1.29, 1.82) is 0 Å². The van der Waals surface area contributed by atoms with E-state index in [1.807, 2.05) is 0 Å². The molecular weight excluding hydrogens is 360 g/mol. The molecule has 3 rings (SSSR count). The number of alkyl halides is 2. The summed E-state index contributed by atoms with van der Waals surface area (Å²) in [4.78, 5) is 26.7. The zero-order chi connectivity index (χ0) is 19.4. The van der Waals surface area contributed by atoms with Gasteiger partial charge in [0.1, 0.15) is 17.9 Å². The van der Waals surface area contributed by atoms with Crippen molar-refractivity contribution in [2.75, 3.05) is 18.0 Å². The Labute approximate surface area is 155 Å². The van der Waals surface area contributed by atoms with Gasteiger partial charge in [-0.05, 0) is 49.9 Å². The summed E-state index contributed by atoms with van der Waals surface area (Å²) in [5.74, 6) is -0.506. The molecule has 2 heterocycles. The monoisotopic (exact) mass is 383 g/mol. The fourth-order valence-electron chi connectivity index (χ4n) is 3.41. The molecule has 0 bridgehead atoms. The largest absolute Gasteiger partial charge is 0.435 e. The average Bonchev–Trinajstić information content (AvgIpc) is 3.13. The molecule has 9 heteroatoms. The van der Waals surface area contributed by atoms with Crippen LogP contribution >= 0.6 is 0 Å². The molecule has 0 saturated carbocycles. The van der Waals surface area contributed by atoms with Crippen molar-refractivity contribution in [2.45, 2.75) is 50.5 Å². The zero-order valence-corrected chi connectivity index (χ0v) is 14.8. The summed E-state index contributed by atoms with van der Waals surface area (Å²) in [6, 6.07) is 5.23. The summed E-state index contributed by atoms with van der Waals surface area (Å²) in [5, 5.41) is 2.77. The molecular formula is C18H23F2N3O4. The number of rotatable bonds is 6. The van der Waals surface area contributed by atoms with E-state index >= 15 is 0 Å². The Morgan fingerprint density at radius 2 is 2.04 bits per heavy atom. The van der Waals surface area contributed by atoms with E-state index < -0.39 is 18.8 Å². The molecule has 0 spiro atoms. The van der Waals surface area contributed by atoms with Crippen LogP contribution in [-0.2, 0) is 14.3 Å². The minimum Gasteiger partial charge on any atom is -0.435 e. The SMILES string of the molecule is NC[C@H]1CC[C@@H](C(=O)NC2CCCN(c3ccc(OC(F)F)cc3)C2=O)O1. The van der Waals surface area contributed by atoms with Crippen LogP contribution in [0.1, 0.15) is 25.7 Å². The van der Waals surface area contributed by atoms with Crippen LogP contribution in [0.2, 0.25) is 0 Å². The highest BCUT2D eigenvalue weighted by Gasteiger charge is 2.35. The number of benzene rings is 1. The summed E-state index contributed by atoms with van der Waals surface area (Å²) >= 11 is 0. The second-order valence-electron chi connectivity index (χ2n) is 6.63. The number of ether oxygens (including phenoxy) is 2. The molecule has 2 fully saturated rings. The average molecular weight is 383 g/mol. The van der Waals surface area contributed by atoms with E-state index in [0.717, 1.165) is 6.42 Å². The van der Waals surface area contributed by atoms with E-state index in [1.165, 1.54) is 12.1 Å².